The van der Waals surface area contributed by atoms with Gasteiger partial charge in [-0.05, 0) is 31.0 Å². The molecule has 11 nitrogen and oxygen atoms in total. The van der Waals surface area contributed by atoms with Gasteiger partial charge >= 0.3 is 11.7 Å². The number of aryl methyl sites for hydroxylation is 1. The van der Waals surface area contributed by atoms with Crippen molar-refractivity contribution in [3.63, 3.8) is 0 Å². The Morgan fingerprint density at radius 2 is 2.21 bits per heavy atom. The molecule has 0 bridgehead atoms. The highest BCUT2D eigenvalue weighted by molar-refractivity contribution is 5.89. The fourth-order valence-electron chi connectivity index (χ4n) is 2.97. The number of hydrogen-bond acceptors (Lipinski definition) is 7. The SMILES string of the molecule is Cc1cn(C[C@H]2C[C@H](N=[N+]=[N-])[C@@H](COC(=O)c3ccncc3)O2)c(=O)[nH]c1=O. The molecule has 0 radical (unpaired) electrons. The van der Waals surface area contributed by atoms with E-state index in [9.17, 15) is 14.4 Å². The van der Waals surface area contributed by atoms with Crippen LogP contribution in [0.3, 0.4) is 0 Å². The minimum absolute atomic E-state index is 0.0963. The smallest absolute Gasteiger partial charge is 0.338 e. The number of H-pyrrole nitrogens is 1. The molecule has 3 atom stereocenters. The van der Waals surface area contributed by atoms with E-state index < -0.39 is 35.5 Å². The molecule has 2 aromatic heterocycles. The quantitative estimate of drug-likeness (QED) is 0.337. The van der Waals surface area contributed by atoms with Crippen LogP contribution in [0.2, 0.25) is 0 Å². The molecule has 0 amide bonds. The third-order valence-corrected chi connectivity index (χ3v) is 4.38. The normalized spacial score (nSPS) is 21.1. The lowest BCUT2D eigenvalue weighted by molar-refractivity contribution is -0.0149. The maximum absolute atomic E-state index is 12.1. The van der Waals surface area contributed by atoms with Crippen molar-refractivity contribution in [2.24, 2.45) is 5.11 Å². The van der Waals surface area contributed by atoms with Gasteiger partial charge in [0.1, 0.15) is 12.7 Å². The Labute approximate surface area is 158 Å². The van der Waals surface area contributed by atoms with Gasteiger partial charge in [-0.1, -0.05) is 5.11 Å². The first kappa shape index (κ1) is 19.3. The molecule has 3 heterocycles. The number of ether oxygens (including phenoxy) is 2. The molecule has 11 heteroatoms. The third kappa shape index (κ3) is 4.45. The lowest BCUT2D eigenvalue weighted by atomic mass is 10.1. The van der Waals surface area contributed by atoms with E-state index in [-0.39, 0.29) is 13.2 Å². The van der Waals surface area contributed by atoms with Gasteiger partial charge in [-0.15, -0.1) is 0 Å². The Bertz CT molecular complexity index is 1010. The van der Waals surface area contributed by atoms with Gasteiger partial charge in [-0.25, -0.2) is 9.59 Å². The van der Waals surface area contributed by atoms with Crippen LogP contribution in [0.15, 0.2) is 45.4 Å². The predicted octanol–water partition coefficient (Wildman–Crippen LogP) is 0.933. The highest BCUT2D eigenvalue weighted by atomic mass is 16.6. The van der Waals surface area contributed by atoms with Crippen LogP contribution in [0.1, 0.15) is 22.3 Å². The summed E-state index contributed by atoms with van der Waals surface area (Å²) in [4.78, 5) is 44.4. The summed E-state index contributed by atoms with van der Waals surface area (Å²) in [6, 6.07) is 2.51. The first-order valence-corrected chi connectivity index (χ1v) is 8.55. The molecule has 0 unspecified atom stereocenters. The standard InChI is InChI=1S/C17H18N6O5/c1-10-7-23(17(26)20-15(10)24)8-12-6-13(21-22-18)14(28-12)9-27-16(25)11-2-4-19-5-3-11/h2-5,7,12-14H,6,8-9H2,1H3,(H,20,24,26)/t12-,13+,14-/m1/s1. The van der Waals surface area contributed by atoms with Gasteiger partial charge in [0.2, 0.25) is 0 Å². The summed E-state index contributed by atoms with van der Waals surface area (Å²) in [5.74, 6) is -0.540. The van der Waals surface area contributed by atoms with Crippen LogP contribution in [0.25, 0.3) is 10.4 Å². The molecular weight excluding hydrogens is 368 g/mol. The molecule has 1 aliphatic heterocycles. The zero-order valence-electron chi connectivity index (χ0n) is 15.0. The van der Waals surface area contributed by atoms with Crippen molar-refractivity contribution in [1.82, 2.24) is 14.5 Å². The lowest BCUT2D eigenvalue weighted by Gasteiger charge is -2.16. The summed E-state index contributed by atoms with van der Waals surface area (Å²) in [6.45, 7) is 1.66. The molecule has 3 rings (SSSR count). The third-order valence-electron chi connectivity index (χ3n) is 4.38. The first-order chi connectivity index (χ1) is 13.5. The largest absolute Gasteiger partial charge is 0.459 e. The number of hydrogen-bond donors (Lipinski definition) is 1. The Morgan fingerprint density at radius 3 is 2.93 bits per heavy atom. The van der Waals surface area contributed by atoms with Crippen molar-refractivity contribution in [1.29, 1.82) is 0 Å². The van der Waals surface area contributed by atoms with Crippen LogP contribution in [-0.2, 0) is 16.0 Å². The fraction of sp³-hybridized carbons (Fsp3) is 0.412. The molecule has 28 heavy (non-hydrogen) atoms. The summed E-state index contributed by atoms with van der Waals surface area (Å²) in [7, 11) is 0. The number of carbonyl (C=O) groups excluding carboxylic acids is 1. The van der Waals surface area contributed by atoms with Crippen molar-refractivity contribution in [3.05, 3.63) is 73.1 Å². The zero-order valence-corrected chi connectivity index (χ0v) is 15.0. The highest BCUT2D eigenvalue weighted by Gasteiger charge is 2.36. The number of aromatic amines is 1. The number of azide groups is 1. The molecule has 2 aromatic rings. The summed E-state index contributed by atoms with van der Waals surface area (Å²) < 4.78 is 12.4. The van der Waals surface area contributed by atoms with Gasteiger partial charge in [0.15, 0.2) is 0 Å². The maximum Gasteiger partial charge on any atom is 0.338 e. The molecule has 1 saturated heterocycles. The van der Waals surface area contributed by atoms with Crippen LogP contribution < -0.4 is 11.2 Å². The minimum atomic E-state index is -0.633. The molecule has 0 aliphatic carbocycles. The van der Waals surface area contributed by atoms with Crippen LogP contribution in [0.5, 0.6) is 0 Å². The van der Waals surface area contributed by atoms with Crippen LogP contribution >= 0.6 is 0 Å². The van der Waals surface area contributed by atoms with E-state index in [1.807, 2.05) is 0 Å². The van der Waals surface area contributed by atoms with Gasteiger partial charge in [0.25, 0.3) is 5.56 Å². The average Bonchev–Trinajstić information content (AvgIpc) is 3.06. The van der Waals surface area contributed by atoms with Gasteiger partial charge in [0, 0.05) is 29.1 Å². The number of nitrogens with one attached hydrogen (secondary N) is 1. The number of pyridine rings is 1. The number of aromatic nitrogens is 3. The van der Waals surface area contributed by atoms with Gasteiger partial charge in [-0.3, -0.25) is 19.3 Å². The monoisotopic (exact) mass is 386 g/mol. The summed E-state index contributed by atoms with van der Waals surface area (Å²) in [5.41, 5.74) is 8.53. The van der Waals surface area contributed by atoms with Crippen LogP contribution in [-0.4, -0.2) is 45.4 Å². The predicted molar refractivity (Wildman–Crippen MR) is 96.8 cm³/mol. The van der Waals surface area contributed by atoms with Crippen molar-refractivity contribution >= 4 is 5.97 Å². The Balaban J connectivity index is 1.66. The van der Waals surface area contributed by atoms with Gasteiger partial charge in [0.05, 0.1) is 24.3 Å². The second-order valence-corrected chi connectivity index (χ2v) is 6.36. The summed E-state index contributed by atoms with van der Waals surface area (Å²) >= 11 is 0. The molecule has 1 N–H and O–H groups in total. The van der Waals surface area contributed by atoms with E-state index in [2.05, 4.69) is 20.0 Å². The van der Waals surface area contributed by atoms with E-state index in [1.165, 1.54) is 35.3 Å². The zero-order chi connectivity index (χ0) is 20.1. The van der Waals surface area contributed by atoms with Crippen LogP contribution in [0.4, 0.5) is 0 Å². The van der Waals surface area contributed by atoms with Crippen LogP contribution in [0, 0.1) is 6.92 Å². The highest BCUT2D eigenvalue weighted by Crippen LogP contribution is 2.25. The Kier molecular flexibility index (Phi) is 5.87. The van der Waals surface area contributed by atoms with E-state index in [0.717, 1.165) is 0 Å². The molecule has 1 fully saturated rings. The molecular formula is C17H18N6O5. The molecule has 0 saturated carbocycles. The van der Waals surface area contributed by atoms with E-state index >= 15 is 0 Å². The lowest BCUT2D eigenvalue weighted by Crippen LogP contribution is -2.34. The first-order valence-electron chi connectivity index (χ1n) is 8.55. The van der Waals surface area contributed by atoms with Crippen molar-refractivity contribution in [3.8, 4) is 0 Å². The van der Waals surface area contributed by atoms with Gasteiger partial charge < -0.3 is 9.47 Å². The number of nitrogens with zero attached hydrogens (tertiary/aromatic N) is 5. The topological polar surface area (TPSA) is 152 Å². The van der Waals surface area contributed by atoms with Crippen molar-refractivity contribution < 1.29 is 14.3 Å². The average molecular weight is 386 g/mol. The number of esters is 1. The van der Waals surface area contributed by atoms with E-state index in [0.29, 0.717) is 17.5 Å². The van der Waals surface area contributed by atoms with E-state index in [4.69, 9.17) is 15.0 Å². The van der Waals surface area contributed by atoms with Crippen molar-refractivity contribution in [2.75, 3.05) is 6.61 Å². The fourth-order valence-corrected chi connectivity index (χ4v) is 2.97. The van der Waals surface area contributed by atoms with E-state index in [1.54, 1.807) is 6.92 Å². The molecule has 1 aliphatic rings. The Hall–Kier alpha value is -3.43. The summed E-state index contributed by atoms with van der Waals surface area (Å²) in [5, 5.41) is 3.71. The van der Waals surface area contributed by atoms with Crippen molar-refractivity contribution in [2.45, 2.75) is 38.1 Å². The number of carbonyl (C=O) groups is 1. The van der Waals surface area contributed by atoms with Gasteiger partial charge in [-0.2, -0.15) is 0 Å². The number of rotatable bonds is 6. The minimum Gasteiger partial charge on any atom is -0.459 e. The molecule has 0 spiro atoms. The maximum atomic E-state index is 12.1. The Morgan fingerprint density at radius 1 is 1.46 bits per heavy atom. The molecule has 146 valence electrons. The second-order valence-electron chi connectivity index (χ2n) is 6.36. The summed E-state index contributed by atoms with van der Waals surface area (Å²) in [6.07, 6.45) is 3.68. The second kappa shape index (κ2) is 8.51. The molecule has 0 aromatic carbocycles.